The summed E-state index contributed by atoms with van der Waals surface area (Å²) in [4.78, 5) is 9.46. The quantitative estimate of drug-likeness (QED) is 0.182. The van der Waals surface area contributed by atoms with Crippen molar-refractivity contribution in [3.63, 3.8) is 0 Å². The fourth-order valence-electron chi connectivity index (χ4n) is 7.14. The Hall–Kier alpha value is -5.94. The van der Waals surface area contributed by atoms with Crippen LogP contribution in [0.2, 0.25) is 0 Å². The van der Waals surface area contributed by atoms with Crippen LogP contribution in [0, 0.1) is 0 Å². The van der Waals surface area contributed by atoms with Crippen molar-refractivity contribution in [3.05, 3.63) is 170 Å². The molecule has 0 aliphatic heterocycles. The van der Waals surface area contributed by atoms with E-state index in [1.165, 1.54) is 69.2 Å². The third-order valence-corrected chi connectivity index (χ3v) is 12.0. The second-order valence-electron chi connectivity index (χ2n) is 12.6. The van der Waals surface area contributed by atoms with Gasteiger partial charge in [0.05, 0.1) is 15.9 Å². The average molecular weight is 673 g/mol. The molecular weight excluding hydrogens is 645 g/mol. The third-order valence-electron chi connectivity index (χ3n) is 9.59. The molecule has 0 N–H and O–H groups in total. The molecule has 0 unspecified atom stereocenters. The predicted octanol–water partition coefficient (Wildman–Crippen LogP) is 13.5. The molecule has 0 saturated carbocycles. The molecule has 10 aromatic rings. The third kappa shape index (κ3) is 4.92. The molecule has 0 aliphatic carbocycles. The summed E-state index contributed by atoms with van der Waals surface area (Å²) >= 11 is 3.64. The van der Waals surface area contributed by atoms with Crippen LogP contribution in [0.4, 0.5) is 0 Å². The first-order chi connectivity index (χ1) is 24.8. The SMILES string of the molecule is c1ccc(-c2ccc3sc4c(-c5cccc(-c6cccc(-c7ncnc8c7sc7ccccc78)c6)c5)cc(-c5ccccc5)cc4c3c2)cc1. The molecule has 0 bridgehead atoms. The van der Waals surface area contributed by atoms with E-state index in [0.29, 0.717) is 0 Å². The number of hydrogen-bond donors (Lipinski definition) is 0. The predicted molar refractivity (Wildman–Crippen MR) is 215 cm³/mol. The van der Waals surface area contributed by atoms with Gasteiger partial charge in [-0.05, 0) is 81.4 Å². The van der Waals surface area contributed by atoms with E-state index < -0.39 is 0 Å². The van der Waals surface area contributed by atoms with Crippen molar-refractivity contribution < 1.29 is 0 Å². The number of rotatable bonds is 5. The lowest BCUT2D eigenvalue weighted by Gasteiger charge is -2.11. The lowest BCUT2D eigenvalue weighted by Crippen LogP contribution is -1.88. The normalized spacial score (nSPS) is 11.6. The molecule has 4 heteroatoms. The maximum Gasteiger partial charge on any atom is 0.116 e. The van der Waals surface area contributed by atoms with Crippen LogP contribution in [0.15, 0.2) is 170 Å². The van der Waals surface area contributed by atoms with Gasteiger partial charge < -0.3 is 0 Å². The van der Waals surface area contributed by atoms with E-state index >= 15 is 0 Å². The van der Waals surface area contributed by atoms with Crippen molar-refractivity contribution in [3.8, 4) is 55.8 Å². The molecule has 0 saturated heterocycles. The Morgan fingerprint density at radius 2 is 0.920 bits per heavy atom. The van der Waals surface area contributed by atoms with Crippen LogP contribution >= 0.6 is 22.7 Å². The zero-order valence-electron chi connectivity index (χ0n) is 26.9. The van der Waals surface area contributed by atoms with Gasteiger partial charge in [-0.1, -0.05) is 121 Å². The topological polar surface area (TPSA) is 25.8 Å². The van der Waals surface area contributed by atoms with Gasteiger partial charge in [0.2, 0.25) is 0 Å². The van der Waals surface area contributed by atoms with Crippen LogP contribution in [0.5, 0.6) is 0 Å². The van der Waals surface area contributed by atoms with E-state index in [1.54, 1.807) is 17.7 Å². The maximum atomic E-state index is 4.79. The zero-order valence-corrected chi connectivity index (χ0v) is 28.5. The smallest absolute Gasteiger partial charge is 0.116 e. The van der Waals surface area contributed by atoms with Gasteiger partial charge in [0.15, 0.2) is 0 Å². The van der Waals surface area contributed by atoms with Gasteiger partial charge in [0.25, 0.3) is 0 Å². The van der Waals surface area contributed by atoms with Crippen molar-refractivity contribution in [1.29, 1.82) is 0 Å². The molecule has 10 rings (SSSR count). The average Bonchev–Trinajstić information content (AvgIpc) is 3.76. The molecule has 234 valence electrons. The number of hydrogen-bond acceptors (Lipinski definition) is 4. The van der Waals surface area contributed by atoms with Gasteiger partial charge in [0.1, 0.15) is 6.33 Å². The van der Waals surface area contributed by atoms with E-state index in [0.717, 1.165) is 27.0 Å². The molecule has 0 spiro atoms. The summed E-state index contributed by atoms with van der Waals surface area (Å²) in [6.45, 7) is 0. The highest BCUT2D eigenvalue weighted by Crippen LogP contribution is 2.45. The Morgan fingerprint density at radius 1 is 0.340 bits per heavy atom. The fourth-order valence-corrected chi connectivity index (χ4v) is 9.51. The van der Waals surface area contributed by atoms with Crippen LogP contribution < -0.4 is 0 Å². The summed E-state index contributed by atoms with van der Waals surface area (Å²) in [6.07, 6.45) is 1.70. The van der Waals surface area contributed by atoms with Gasteiger partial charge in [-0.15, -0.1) is 22.7 Å². The van der Waals surface area contributed by atoms with Crippen molar-refractivity contribution in [2.24, 2.45) is 0 Å². The van der Waals surface area contributed by atoms with Crippen molar-refractivity contribution in [1.82, 2.24) is 9.97 Å². The molecule has 2 nitrogen and oxygen atoms in total. The molecular formula is C46H28N2S2. The largest absolute Gasteiger partial charge is 0.235 e. The van der Waals surface area contributed by atoms with E-state index in [1.807, 2.05) is 11.3 Å². The van der Waals surface area contributed by atoms with E-state index in [-0.39, 0.29) is 0 Å². The van der Waals surface area contributed by atoms with Crippen molar-refractivity contribution in [2.75, 3.05) is 0 Å². The molecule has 0 amide bonds. The van der Waals surface area contributed by atoms with Crippen LogP contribution in [0.25, 0.3) is 96.2 Å². The van der Waals surface area contributed by atoms with Crippen LogP contribution in [-0.4, -0.2) is 9.97 Å². The number of fused-ring (bicyclic) bond motifs is 6. The highest BCUT2D eigenvalue weighted by atomic mass is 32.1. The second kappa shape index (κ2) is 11.9. The number of benzene rings is 7. The molecule has 0 aliphatic rings. The maximum absolute atomic E-state index is 4.79. The Labute approximate surface area is 297 Å². The van der Waals surface area contributed by atoms with Gasteiger partial charge in [-0.3, -0.25) is 0 Å². The minimum Gasteiger partial charge on any atom is -0.235 e. The van der Waals surface area contributed by atoms with Crippen molar-refractivity contribution in [2.45, 2.75) is 0 Å². The van der Waals surface area contributed by atoms with E-state index in [9.17, 15) is 0 Å². The lowest BCUT2D eigenvalue weighted by molar-refractivity contribution is 1.24. The lowest BCUT2D eigenvalue weighted by atomic mass is 9.93. The number of nitrogens with zero attached hydrogens (tertiary/aromatic N) is 2. The summed E-state index contributed by atoms with van der Waals surface area (Å²) in [5.74, 6) is 0. The standard InChI is InChI=1S/C46H28N2S2/c1-3-11-29(12-4-1)33-21-22-42-39(25-33)40-27-36(30-13-5-2-6-14-30)26-38(45(40)49-42)34-17-9-15-31(23-34)32-16-10-18-35(24-32)43-46-44(48-28-47-43)37-19-7-8-20-41(37)50-46/h1-28H. The molecule has 0 atom stereocenters. The van der Waals surface area contributed by atoms with E-state index in [2.05, 4.69) is 169 Å². The Bertz CT molecular complexity index is 2870. The Morgan fingerprint density at radius 3 is 1.72 bits per heavy atom. The summed E-state index contributed by atoms with van der Waals surface area (Å²) in [5, 5.41) is 3.77. The number of aromatic nitrogens is 2. The van der Waals surface area contributed by atoms with E-state index in [4.69, 9.17) is 4.98 Å². The highest BCUT2D eigenvalue weighted by Gasteiger charge is 2.17. The minimum atomic E-state index is 0.978. The molecule has 3 aromatic heterocycles. The summed E-state index contributed by atoms with van der Waals surface area (Å²) in [5.41, 5.74) is 12.8. The second-order valence-corrected chi connectivity index (χ2v) is 14.7. The molecule has 7 aromatic carbocycles. The first-order valence-electron chi connectivity index (χ1n) is 16.7. The highest BCUT2D eigenvalue weighted by molar-refractivity contribution is 7.26. The first-order valence-corrected chi connectivity index (χ1v) is 18.3. The summed E-state index contributed by atoms with van der Waals surface area (Å²) in [7, 11) is 0. The van der Waals surface area contributed by atoms with Gasteiger partial charge in [-0.25, -0.2) is 9.97 Å². The summed E-state index contributed by atoms with van der Waals surface area (Å²) < 4.78 is 4.96. The molecule has 0 radical (unpaired) electrons. The van der Waals surface area contributed by atoms with Gasteiger partial charge in [0, 0.05) is 41.4 Å². The van der Waals surface area contributed by atoms with Crippen molar-refractivity contribution >= 4 is 63.1 Å². The zero-order chi connectivity index (χ0) is 33.0. The molecule has 0 fully saturated rings. The number of thiophene rings is 2. The minimum absolute atomic E-state index is 0.978. The Kier molecular flexibility index (Phi) is 6.90. The first kappa shape index (κ1) is 29.0. The summed E-state index contributed by atoms with van der Waals surface area (Å²) in [6, 6.07) is 59.3. The van der Waals surface area contributed by atoms with Crippen LogP contribution in [-0.2, 0) is 0 Å². The van der Waals surface area contributed by atoms with Gasteiger partial charge in [-0.2, -0.15) is 0 Å². The molecule has 3 heterocycles. The van der Waals surface area contributed by atoms with Gasteiger partial charge >= 0.3 is 0 Å². The monoisotopic (exact) mass is 672 g/mol. The van der Waals surface area contributed by atoms with Crippen LogP contribution in [0.3, 0.4) is 0 Å². The fraction of sp³-hybridized carbons (Fsp3) is 0. The molecule has 50 heavy (non-hydrogen) atoms. The Balaban J connectivity index is 1.13. The van der Waals surface area contributed by atoms with Crippen LogP contribution in [0.1, 0.15) is 0 Å².